The van der Waals surface area contributed by atoms with Gasteiger partial charge in [0, 0.05) is 18.3 Å². The second-order valence-electron chi connectivity index (χ2n) is 9.05. The molecule has 3 aliphatic heterocycles. The molecule has 4 rings (SSSR count). The first-order chi connectivity index (χ1) is 14.7. The zero-order valence-electron chi connectivity index (χ0n) is 18.1. The van der Waals surface area contributed by atoms with E-state index in [2.05, 4.69) is 5.32 Å². The van der Waals surface area contributed by atoms with Crippen LogP contribution in [0.4, 0.5) is 0 Å². The minimum absolute atomic E-state index is 0.107. The zero-order chi connectivity index (χ0) is 22.2. The molecule has 0 aliphatic carbocycles. The number of esters is 1. The molecule has 7 nitrogen and oxygen atoms in total. The fourth-order valence-corrected chi connectivity index (χ4v) is 5.54. The molecule has 1 aromatic carbocycles. The van der Waals surface area contributed by atoms with E-state index in [9.17, 15) is 14.4 Å². The Hall–Kier alpha value is -2.32. The number of nitrogens with one attached hydrogen (secondary N) is 1. The summed E-state index contributed by atoms with van der Waals surface area (Å²) in [5.41, 5.74) is 1.47. The molecule has 0 bridgehead atoms. The Labute approximate surface area is 186 Å². The Morgan fingerprint density at radius 3 is 2.65 bits per heavy atom. The van der Waals surface area contributed by atoms with Gasteiger partial charge in [-0.15, -0.1) is 11.8 Å². The molecule has 2 saturated heterocycles. The fourth-order valence-electron chi connectivity index (χ4n) is 4.09. The highest BCUT2D eigenvalue weighted by molar-refractivity contribution is 8.00. The third-order valence-electron chi connectivity index (χ3n) is 5.54. The van der Waals surface area contributed by atoms with E-state index in [1.807, 2.05) is 51.1 Å². The van der Waals surface area contributed by atoms with E-state index in [4.69, 9.17) is 9.47 Å². The molecule has 3 aliphatic rings. The SMILES string of the molecule is CC(C)(C)OC(=O)C1=C(C2CCOC2)CS[C@@H]2[C@H](NC(=O)Cc3ccccc3)C(=O)N12. The molecule has 166 valence electrons. The van der Waals surface area contributed by atoms with Gasteiger partial charge < -0.3 is 14.8 Å². The van der Waals surface area contributed by atoms with Gasteiger partial charge in [0.15, 0.2) is 0 Å². The molecule has 0 saturated carbocycles. The smallest absolute Gasteiger partial charge is 0.355 e. The molecular weight excluding hydrogens is 416 g/mol. The van der Waals surface area contributed by atoms with E-state index in [1.54, 1.807) is 11.8 Å². The minimum atomic E-state index is -0.668. The Balaban J connectivity index is 1.52. The summed E-state index contributed by atoms with van der Waals surface area (Å²) < 4.78 is 11.2. The van der Waals surface area contributed by atoms with E-state index in [0.717, 1.165) is 17.6 Å². The Kier molecular flexibility index (Phi) is 6.12. The number of hydrogen-bond donors (Lipinski definition) is 1. The number of β-lactam (4-membered cyclic amide) rings is 1. The normalized spacial score (nSPS) is 25.7. The lowest BCUT2D eigenvalue weighted by Gasteiger charge is -2.50. The molecule has 1 unspecified atom stereocenters. The van der Waals surface area contributed by atoms with E-state index >= 15 is 0 Å². The lowest BCUT2D eigenvalue weighted by Crippen LogP contribution is -2.71. The Morgan fingerprint density at radius 1 is 1.26 bits per heavy atom. The van der Waals surface area contributed by atoms with Crippen LogP contribution >= 0.6 is 11.8 Å². The summed E-state index contributed by atoms with van der Waals surface area (Å²) in [5.74, 6) is -0.238. The number of hydrogen-bond acceptors (Lipinski definition) is 6. The van der Waals surface area contributed by atoms with Gasteiger partial charge in [0.2, 0.25) is 5.91 Å². The van der Waals surface area contributed by atoms with Crippen molar-refractivity contribution < 1.29 is 23.9 Å². The lowest BCUT2D eigenvalue weighted by atomic mass is 9.94. The van der Waals surface area contributed by atoms with Gasteiger partial charge in [-0.1, -0.05) is 30.3 Å². The average Bonchev–Trinajstić information content (AvgIpc) is 3.25. The largest absolute Gasteiger partial charge is 0.455 e. The number of nitrogens with zero attached hydrogens (tertiary/aromatic N) is 1. The van der Waals surface area contributed by atoms with Crippen molar-refractivity contribution in [2.75, 3.05) is 19.0 Å². The molecule has 1 aromatic rings. The molecule has 31 heavy (non-hydrogen) atoms. The van der Waals surface area contributed by atoms with Gasteiger partial charge in [0.25, 0.3) is 5.91 Å². The van der Waals surface area contributed by atoms with E-state index in [0.29, 0.717) is 24.7 Å². The number of thioether (sulfide) groups is 1. The summed E-state index contributed by atoms with van der Waals surface area (Å²) in [7, 11) is 0. The molecule has 8 heteroatoms. The van der Waals surface area contributed by atoms with Crippen LogP contribution < -0.4 is 5.32 Å². The van der Waals surface area contributed by atoms with E-state index in [1.165, 1.54) is 4.90 Å². The summed E-state index contributed by atoms with van der Waals surface area (Å²) in [4.78, 5) is 40.1. The van der Waals surface area contributed by atoms with Crippen molar-refractivity contribution in [1.82, 2.24) is 10.2 Å². The van der Waals surface area contributed by atoms with Gasteiger partial charge in [-0.25, -0.2) is 4.79 Å². The molecule has 1 N–H and O–H groups in total. The topological polar surface area (TPSA) is 84.9 Å². The predicted octanol–water partition coefficient (Wildman–Crippen LogP) is 2.26. The summed E-state index contributed by atoms with van der Waals surface area (Å²) in [5, 5.41) is 2.55. The molecule has 3 heterocycles. The van der Waals surface area contributed by atoms with Gasteiger partial charge in [-0.2, -0.15) is 0 Å². The van der Waals surface area contributed by atoms with Crippen LogP contribution in [0, 0.1) is 5.92 Å². The maximum Gasteiger partial charge on any atom is 0.355 e. The highest BCUT2D eigenvalue weighted by atomic mass is 32.2. The molecule has 0 spiro atoms. The number of rotatable bonds is 5. The first-order valence-corrected chi connectivity index (χ1v) is 11.6. The van der Waals surface area contributed by atoms with Crippen LogP contribution in [-0.2, 0) is 30.3 Å². The maximum absolute atomic E-state index is 13.1. The van der Waals surface area contributed by atoms with Crippen LogP contribution in [0.2, 0.25) is 0 Å². The molecular formula is C23H28N2O5S. The number of ether oxygens (including phenoxy) is 2. The second-order valence-corrected chi connectivity index (χ2v) is 10.2. The van der Waals surface area contributed by atoms with Gasteiger partial charge in [-0.3, -0.25) is 14.5 Å². The van der Waals surface area contributed by atoms with Crippen molar-refractivity contribution in [3.63, 3.8) is 0 Å². The number of fused-ring (bicyclic) bond motifs is 1. The van der Waals surface area contributed by atoms with Crippen LogP contribution in [0.1, 0.15) is 32.8 Å². The minimum Gasteiger partial charge on any atom is -0.455 e. The van der Waals surface area contributed by atoms with Crippen LogP contribution in [0.25, 0.3) is 0 Å². The van der Waals surface area contributed by atoms with Crippen LogP contribution in [-0.4, -0.2) is 58.7 Å². The highest BCUT2D eigenvalue weighted by Gasteiger charge is 2.55. The van der Waals surface area contributed by atoms with Crippen LogP contribution in [0.15, 0.2) is 41.6 Å². The quantitative estimate of drug-likeness (QED) is 0.554. The summed E-state index contributed by atoms with van der Waals surface area (Å²) in [6.07, 6.45) is 1.04. The summed E-state index contributed by atoms with van der Waals surface area (Å²) >= 11 is 1.58. The second kappa shape index (κ2) is 8.67. The van der Waals surface area contributed by atoms with Crippen molar-refractivity contribution in [3.05, 3.63) is 47.2 Å². The van der Waals surface area contributed by atoms with Crippen LogP contribution in [0.3, 0.4) is 0 Å². The lowest BCUT2D eigenvalue weighted by molar-refractivity contribution is -0.159. The first-order valence-electron chi connectivity index (χ1n) is 10.6. The summed E-state index contributed by atoms with van der Waals surface area (Å²) in [6.45, 7) is 6.62. The fraction of sp³-hybridized carbons (Fsp3) is 0.522. The van der Waals surface area contributed by atoms with Crippen molar-refractivity contribution in [2.45, 2.75) is 50.6 Å². The van der Waals surface area contributed by atoms with Crippen molar-refractivity contribution in [1.29, 1.82) is 0 Å². The van der Waals surface area contributed by atoms with E-state index < -0.39 is 17.6 Å². The number of amides is 2. The van der Waals surface area contributed by atoms with Gasteiger partial charge >= 0.3 is 5.97 Å². The van der Waals surface area contributed by atoms with Gasteiger partial charge in [-0.05, 0) is 38.3 Å². The maximum atomic E-state index is 13.1. The number of benzene rings is 1. The monoisotopic (exact) mass is 444 g/mol. The standard InChI is InChI=1S/C23H28N2O5S/c1-23(2,3)30-22(28)19-16(15-9-10-29-12-15)13-31-21-18(20(27)25(19)21)24-17(26)11-14-7-5-4-6-8-14/h4-8,15,18,21H,9-13H2,1-3H3,(H,24,26)/t15?,18-,21-/m1/s1. The molecule has 0 aromatic heterocycles. The Morgan fingerprint density at radius 2 is 2.00 bits per heavy atom. The molecule has 0 radical (unpaired) electrons. The van der Waals surface area contributed by atoms with Gasteiger partial charge in [0.1, 0.15) is 22.7 Å². The van der Waals surface area contributed by atoms with Crippen LogP contribution in [0.5, 0.6) is 0 Å². The van der Waals surface area contributed by atoms with Gasteiger partial charge in [0.05, 0.1) is 13.0 Å². The molecule has 2 amide bonds. The number of carbonyl (C=O) groups is 3. The Bertz CT molecular complexity index is 902. The van der Waals surface area contributed by atoms with Crippen molar-refractivity contribution in [2.24, 2.45) is 5.92 Å². The predicted molar refractivity (Wildman–Crippen MR) is 117 cm³/mol. The highest BCUT2D eigenvalue weighted by Crippen LogP contribution is 2.44. The molecule has 2 fully saturated rings. The van der Waals surface area contributed by atoms with Crippen molar-refractivity contribution in [3.8, 4) is 0 Å². The average molecular weight is 445 g/mol. The third-order valence-corrected chi connectivity index (χ3v) is 6.84. The van der Waals surface area contributed by atoms with E-state index in [-0.39, 0.29) is 29.5 Å². The first kappa shape index (κ1) is 21.9. The number of carbonyl (C=O) groups excluding carboxylic acids is 3. The molecule has 3 atom stereocenters. The third kappa shape index (κ3) is 4.65. The summed E-state index contributed by atoms with van der Waals surface area (Å²) in [6, 6.07) is 8.77. The zero-order valence-corrected chi connectivity index (χ0v) is 18.9. The van der Waals surface area contributed by atoms with Crippen molar-refractivity contribution >= 4 is 29.5 Å².